The van der Waals surface area contributed by atoms with Gasteiger partial charge in [-0.1, -0.05) is 30.3 Å². The average Bonchev–Trinajstić information content (AvgIpc) is 3.25. The Morgan fingerprint density at radius 1 is 1.14 bits per heavy atom. The normalized spacial score (nSPS) is 19.5. The highest BCUT2D eigenvalue weighted by molar-refractivity contribution is 5.90. The molecule has 0 spiro atoms. The van der Waals surface area contributed by atoms with E-state index in [9.17, 15) is 14.0 Å². The standard InChI is InChI=1S/C20H21FN4O3/c21-17-8-15(25-11-16(9-22)28-20(25)27)6-7-18(17)23-12-19(26)24(13-23)10-14-4-2-1-3-5-14/h1-8,16H,9-13,22H2/t16-/m1/s1. The van der Waals surface area contributed by atoms with Gasteiger partial charge in [-0.2, -0.15) is 0 Å². The number of carbonyl (C=O) groups is 2. The minimum Gasteiger partial charge on any atom is -0.443 e. The molecule has 2 aromatic carbocycles. The number of cyclic esters (lactones) is 1. The molecule has 1 atom stereocenters. The highest BCUT2D eigenvalue weighted by Gasteiger charge is 2.33. The number of amides is 2. The van der Waals surface area contributed by atoms with Crippen molar-refractivity contribution in [3.8, 4) is 0 Å². The van der Waals surface area contributed by atoms with Crippen molar-refractivity contribution in [1.29, 1.82) is 0 Å². The van der Waals surface area contributed by atoms with Gasteiger partial charge in [-0.25, -0.2) is 9.18 Å². The molecule has 0 aromatic heterocycles. The van der Waals surface area contributed by atoms with Crippen molar-refractivity contribution in [1.82, 2.24) is 4.90 Å². The lowest BCUT2D eigenvalue weighted by molar-refractivity contribution is -0.127. The zero-order valence-electron chi connectivity index (χ0n) is 15.3. The lowest BCUT2D eigenvalue weighted by Crippen LogP contribution is -2.28. The van der Waals surface area contributed by atoms with E-state index in [4.69, 9.17) is 10.5 Å². The molecule has 8 heteroatoms. The molecule has 0 saturated carbocycles. The van der Waals surface area contributed by atoms with Crippen LogP contribution in [0.15, 0.2) is 48.5 Å². The Hall–Kier alpha value is -3.13. The molecule has 2 amide bonds. The SMILES string of the molecule is NC[C@@H]1CN(c2ccc(N3CC(=O)N(Cc4ccccc4)C3)c(F)c2)C(=O)O1. The van der Waals surface area contributed by atoms with Crippen LogP contribution in [0.2, 0.25) is 0 Å². The molecule has 0 unspecified atom stereocenters. The second kappa shape index (κ2) is 7.47. The molecule has 7 nitrogen and oxygen atoms in total. The molecular weight excluding hydrogens is 363 g/mol. The molecule has 2 aliphatic rings. The first-order chi connectivity index (χ1) is 13.5. The summed E-state index contributed by atoms with van der Waals surface area (Å²) in [7, 11) is 0. The Labute approximate surface area is 162 Å². The highest BCUT2D eigenvalue weighted by atomic mass is 19.1. The minimum atomic E-state index is -0.534. The van der Waals surface area contributed by atoms with Gasteiger partial charge in [0.05, 0.1) is 31.1 Å². The van der Waals surface area contributed by atoms with Gasteiger partial charge in [0.15, 0.2) is 0 Å². The molecule has 2 saturated heterocycles. The Bertz CT molecular complexity index is 892. The maximum Gasteiger partial charge on any atom is 0.414 e. The summed E-state index contributed by atoms with van der Waals surface area (Å²) in [6.45, 7) is 1.42. The second-order valence-corrected chi connectivity index (χ2v) is 6.90. The highest BCUT2D eigenvalue weighted by Crippen LogP contribution is 2.29. The van der Waals surface area contributed by atoms with Crippen molar-refractivity contribution in [3.05, 3.63) is 59.9 Å². The summed E-state index contributed by atoms with van der Waals surface area (Å²) < 4.78 is 19.9. The fraction of sp³-hybridized carbons (Fsp3) is 0.300. The largest absolute Gasteiger partial charge is 0.443 e. The van der Waals surface area contributed by atoms with Gasteiger partial charge < -0.3 is 20.3 Å². The Balaban J connectivity index is 1.48. The van der Waals surface area contributed by atoms with E-state index >= 15 is 0 Å². The van der Waals surface area contributed by atoms with Crippen LogP contribution in [0.4, 0.5) is 20.6 Å². The third-order valence-electron chi connectivity index (χ3n) is 4.96. The zero-order valence-corrected chi connectivity index (χ0v) is 15.3. The predicted molar refractivity (Wildman–Crippen MR) is 102 cm³/mol. The maximum absolute atomic E-state index is 14.8. The molecule has 0 bridgehead atoms. The molecule has 0 aliphatic carbocycles. The van der Waals surface area contributed by atoms with Gasteiger partial charge in [0.2, 0.25) is 5.91 Å². The number of hydrogen-bond donors (Lipinski definition) is 1. The van der Waals surface area contributed by atoms with Gasteiger partial charge in [0.25, 0.3) is 0 Å². The van der Waals surface area contributed by atoms with Crippen molar-refractivity contribution >= 4 is 23.4 Å². The number of hydrogen-bond acceptors (Lipinski definition) is 5. The summed E-state index contributed by atoms with van der Waals surface area (Å²) in [5.41, 5.74) is 7.30. The van der Waals surface area contributed by atoms with Crippen LogP contribution >= 0.6 is 0 Å². The lowest BCUT2D eigenvalue weighted by atomic mass is 10.2. The zero-order chi connectivity index (χ0) is 19.7. The van der Waals surface area contributed by atoms with Crippen LogP contribution in [0.3, 0.4) is 0 Å². The number of anilines is 2. The number of nitrogens with two attached hydrogens (primary N) is 1. The summed E-state index contributed by atoms with van der Waals surface area (Å²) in [5, 5.41) is 0. The molecule has 146 valence electrons. The minimum absolute atomic E-state index is 0.0544. The maximum atomic E-state index is 14.8. The summed E-state index contributed by atoms with van der Waals surface area (Å²) in [6.07, 6.45) is -0.925. The third-order valence-corrected chi connectivity index (χ3v) is 4.96. The van der Waals surface area contributed by atoms with E-state index in [1.54, 1.807) is 21.9 Å². The molecule has 0 radical (unpaired) electrons. The van der Waals surface area contributed by atoms with Crippen LogP contribution in [0.25, 0.3) is 0 Å². The van der Waals surface area contributed by atoms with Crippen molar-refractivity contribution in [2.75, 3.05) is 36.1 Å². The first-order valence-corrected chi connectivity index (χ1v) is 9.09. The van der Waals surface area contributed by atoms with E-state index in [1.165, 1.54) is 11.0 Å². The second-order valence-electron chi connectivity index (χ2n) is 6.90. The molecule has 4 rings (SSSR count). The van der Waals surface area contributed by atoms with Crippen LogP contribution in [0.1, 0.15) is 5.56 Å². The van der Waals surface area contributed by atoms with Gasteiger partial charge in [-0.3, -0.25) is 9.69 Å². The summed E-state index contributed by atoms with van der Waals surface area (Å²) in [5.74, 6) is -0.544. The molecule has 28 heavy (non-hydrogen) atoms. The van der Waals surface area contributed by atoms with E-state index in [1.807, 2.05) is 30.3 Å². The molecule has 2 aliphatic heterocycles. The summed E-state index contributed by atoms with van der Waals surface area (Å²) >= 11 is 0. The fourth-order valence-corrected chi connectivity index (χ4v) is 3.48. The van der Waals surface area contributed by atoms with Crippen molar-refractivity contribution in [2.45, 2.75) is 12.6 Å². The van der Waals surface area contributed by atoms with Crippen LogP contribution in [0.5, 0.6) is 0 Å². The lowest BCUT2D eigenvalue weighted by Gasteiger charge is -2.21. The molecule has 2 fully saturated rings. The Morgan fingerprint density at radius 2 is 1.93 bits per heavy atom. The summed E-state index contributed by atoms with van der Waals surface area (Å²) in [4.78, 5) is 29.0. The van der Waals surface area contributed by atoms with Crippen LogP contribution < -0.4 is 15.5 Å². The monoisotopic (exact) mass is 384 g/mol. The molecule has 2 aromatic rings. The number of benzene rings is 2. The number of halogens is 1. The van der Waals surface area contributed by atoms with Crippen LogP contribution in [-0.4, -0.2) is 49.3 Å². The predicted octanol–water partition coefficient (Wildman–Crippen LogP) is 1.92. The van der Waals surface area contributed by atoms with Gasteiger partial charge in [0, 0.05) is 13.1 Å². The van der Waals surface area contributed by atoms with E-state index in [0.717, 1.165) is 5.56 Å². The summed E-state index contributed by atoms with van der Waals surface area (Å²) in [6, 6.07) is 14.2. The first-order valence-electron chi connectivity index (χ1n) is 9.09. The molecule has 2 heterocycles. The van der Waals surface area contributed by atoms with Crippen molar-refractivity contribution in [2.24, 2.45) is 5.73 Å². The van der Waals surface area contributed by atoms with Crippen LogP contribution in [0, 0.1) is 5.82 Å². The smallest absolute Gasteiger partial charge is 0.414 e. The van der Waals surface area contributed by atoms with Gasteiger partial charge in [0.1, 0.15) is 11.9 Å². The van der Waals surface area contributed by atoms with E-state index in [2.05, 4.69) is 0 Å². The van der Waals surface area contributed by atoms with E-state index < -0.39 is 18.0 Å². The number of nitrogens with zero attached hydrogens (tertiary/aromatic N) is 3. The molecule has 2 N–H and O–H groups in total. The van der Waals surface area contributed by atoms with E-state index in [-0.39, 0.29) is 19.0 Å². The topological polar surface area (TPSA) is 79.1 Å². The van der Waals surface area contributed by atoms with Gasteiger partial charge in [-0.15, -0.1) is 0 Å². The average molecular weight is 384 g/mol. The van der Waals surface area contributed by atoms with Crippen molar-refractivity contribution in [3.63, 3.8) is 0 Å². The van der Waals surface area contributed by atoms with Gasteiger partial charge in [-0.05, 0) is 23.8 Å². The van der Waals surface area contributed by atoms with Crippen LogP contribution in [-0.2, 0) is 16.1 Å². The Morgan fingerprint density at radius 3 is 2.61 bits per heavy atom. The Kier molecular flexibility index (Phi) is 4.87. The first kappa shape index (κ1) is 18.2. The number of carbonyl (C=O) groups excluding carboxylic acids is 2. The third kappa shape index (κ3) is 3.50. The van der Waals surface area contributed by atoms with Gasteiger partial charge >= 0.3 is 6.09 Å². The quantitative estimate of drug-likeness (QED) is 0.852. The van der Waals surface area contributed by atoms with Crippen molar-refractivity contribution < 1.29 is 18.7 Å². The number of rotatable bonds is 5. The fourth-order valence-electron chi connectivity index (χ4n) is 3.48. The number of ether oxygens (including phenoxy) is 1. The van der Waals surface area contributed by atoms with E-state index in [0.29, 0.717) is 31.1 Å². The molecular formula is C20H21FN4O3.